The third kappa shape index (κ3) is 10.1. The highest BCUT2D eigenvalue weighted by Crippen LogP contribution is 2.26. The molecule has 0 aliphatic heterocycles. The van der Waals surface area contributed by atoms with Crippen molar-refractivity contribution in [3.05, 3.63) is 65.0 Å². The number of allylic oxidation sites excluding steroid dienone is 2. The molecule has 1 heterocycles. The monoisotopic (exact) mass is 510 g/mol. The summed E-state index contributed by atoms with van der Waals surface area (Å²) in [6.45, 7) is 4.79. The predicted octanol–water partition coefficient (Wildman–Crippen LogP) is 7.79. The van der Waals surface area contributed by atoms with Crippen molar-refractivity contribution < 1.29 is 36.6 Å². The number of ether oxygens (including phenoxy) is 3. The molecule has 36 heavy (non-hydrogen) atoms. The molecule has 0 spiro atoms. The Kier molecular flexibility index (Phi) is 11.9. The number of rotatable bonds is 14. The van der Waals surface area contributed by atoms with Crippen molar-refractivity contribution in [2.24, 2.45) is 0 Å². The Morgan fingerprint density at radius 1 is 0.833 bits per heavy atom. The average Bonchev–Trinajstić information content (AvgIpc) is 2.84. The first kappa shape index (κ1) is 28.8. The van der Waals surface area contributed by atoms with Crippen molar-refractivity contribution in [2.45, 2.75) is 59.3 Å². The summed E-state index contributed by atoms with van der Waals surface area (Å²) >= 11 is 0. The number of unbranched alkanes of at least 4 members (excludes halogenated alkanes) is 2. The zero-order valence-electron chi connectivity index (χ0n) is 20.6. The van der Waals surface area contributed by atoms with E-state index in [1.54, 1.807) is 12.1 Å². The van der Waals surface area contributed by atoms with Crippen LogP contribution >= 0.6 is 0 Å². The summed E-state index contributed by atoms with van der Waals surface area (Å²) < 4.78 is 66.6. The smallest absolute Gasteiger partial charge is 0.376 e. The van der Waals surface area contributed by atoms with Gasteiger partial charge in [-0.05, 0) is 82.1 Å². The van der Waals surface area contributed by atoms with Gasteiger partial charge < -0.3 is 14.2 Å². The largest absolute Gasteiger partial charge is 0.477 e. The molecule has 1 aromatic carbocycles. The maximum absolute atomic E-state index is 12.5. The second kappa shape index (κ2) is 14.9. The fraction of sp³-hybridized carbons (Fsp3) is 0.423. The molecule has 0 unspecified atom stereocenters. The van der Waals surface area contributed by atoms with Gasteiger partial charge in [-0.2, -0.15) is 27.5 Å². The Morgan fingerprint density at radius 2 is 1.42 bits per heavy atom. The number of aromatic nitrogens is 2. The van der Waals surface area contributed by atoms with Crippen LogP contribution in [0.1, 0.15) is 68.6 Å². The maximum atomic E-state index is 12.5. The first-order valence-electron chi connectivity index (χ1n) is 11.6. The highest BCUT2D eigenvalue weighted by atomic mass is 19.3. The molecule has 10 heteroatoms. The molecule has 0 radical (unpaired) electrons. The lowest BCUT2D eigenvalue weighted by atomic mass is 10.1. The van der Waals surface area contributed by atoms with Crippen molar-refractivity contribution in [3.63, 3.8) is 0 Å². The molecule has 1 aromatic heterocycles. The minimum Gasteiger partial charge on any atom is -0.477 e. The number of esters is 1. The van der Waals surface area contributed by atoms with Gasteiger partial charge in [0.25, 0.3) is 12.2 Å². The quantitative estimate of drug-likeness (QED) is 0.147. The van der Waals surface area contributed by atoms with Crippen LogP contribution in [0, 0.1) is 6.92 Å². The molecule has 0 atom stereocenters. The Morgan fingerprint density at radius 3 is 2.03 bits per heavy atom. The lowest BCUT2D eigenvalue weighted by molar-refractivity contribution is 0.0481. The molecule has 2 aromatic rings. The lowest BCUT2D eigenvalue weighted by Crippen LogP contribution is -2.13. The van der Waals surface area contributed by atoms with E-state index in [9.17, 15) is 22.4 Å². The molecular formula is C26H30F4N2O4. The summed E-state index contributed by atoms with van der Waals surface area (Å²) in [5, 5.41) is 0. The van der Waals surface area contributed by atoms with E-state index in [1.165, 1.54) is 19.9 Å². The van der Waals surface area contributed by atoms with Crippen LogP contribution in [0.5, 0.6) is 17.5 Å². The second-order valence-electron chi connectivity index (χ2n) is 8.22. The van der Waals surface area contributed by atoms with Gasteiger partial charge in [0.05, 0.1) is 19.3 Å². The van der Waals surface area contributed by atoms with Gasteiger partial charge >= 0.3 is 5.97 Å². The van der Waals surface area contributed by atoms with Crippen LogP contribution in [0.3, 0.4) is 0 Å². The van der Waals surface area contributed by atoms with Gasteiger partial charge in [0.2, 0.25) is 17.6 Å². The number of carbonyl (C=O) groups is 1. The minimum atomic E-state index is -1.69. The topological polar surface area (TPSA) is 70.5 Å². The van der Waals surface area contributed by atoms with E-state index in [2.05, 4.69) is 9.97 Å². The molecule has 0 N–H and O–H groups in total. The van der Waals surface area contributed by atoms with E-state index >= 15 is 0 Å². The number of para-hydroxylation sites is 1. The summed E-state index contributed by atoms with van der Waals surface area (Å²) in [7, 11) is 0. The third-order valence-corrected chi connectivity index (χ3v) is 5.19. The number of hydrogen-bond donors (Lipinski definition) is 0. The van der Waals surface area contributed by atoms with E-state index in [4.69, 9.17) is 14.2 Å². The molecule has 0 aliphatic rings. The van der Waals surface area contributed by atoms with Gasteiger partial charge in [-0.25, -0.2) is 4.79 Å². The van der Waals surface area contributed by atoms with Crippen molar-refractivity contribution in [1.82, 2.24) is 9.97 Å². The van der Waals surface area contributed by atoms with Crippen molar-refractivity contribution >= 4 is 5.97 Å². The summed E-state index contributed by atoms with van der Waals surface area (Å²) in [6, 6.07) is 8.66. The van der Waals surface area contributed by atoms with Gasteiger partial charge in [0.15, 0.2) is 0 Å². The third-order valence-electron chi connectivity index (χ3n) is 5.19. The normalized spacial score (nSPS) is 10.5. The van der Waals surface area contributed by atoms with Crippen LogP contribution < -0.4 is 9.47 Å². The molecule has 0 saturated heterocycles. The SMILES string of the molecule is CC(CCCCOC(=O)c1nc(OCCCCC(C)=C(F)F)cc(Oc2ccccc2C)n1)=C(F)F. The van der Waals surface area contributed by atoms with Crippen LogP contribution in [0.4, 0.5) is 17.6 Å². The molecule has 0 fully saturated rings. The molecule has 0 saturated carbocycles. The van der Waals surface area contributed by atoms with Gasteiger partial charge in [0, 0.05) is 0 Å². The minimum absolute atomic E-state index is 0.00789. The van der Waals surface area contributed by atoms with Gasteiger partial charge in [-0.1, -0.05) is 18.2 Å². The first-order valence-corrected chi connectivity index (χ1v) is 11.6. The summed E-state index contributed by atoms with van der Waals surface area (Å²) in [4.78, 5) is 20.7. The van der Waals surface area contributed by atoms with Gasteiger partial charge in [-0.3, -0.25) is 0 Å². The van der Waals surface area contributed by atoms with Gasteiger partial charge in [-0.15, -0.1) is 0 Å². The Balaban J connectivity index is 2.04. The summed E-state index contributed by atoms with van der Waals surface area (Å²) in [5.74, 6) is -0.415. The summed E-state index contributed by atoms with van der Waals surface area (Å²) in [6.07, 6.45) is -1.08. The second-order valence-corrected chi connectivity index (χ2v) is 8.22. The highest BCUT2D eigenvalue weighted by molar-refractivity contribution is 5.85. The average molecular weight is 511 g/mol. The maximum Gasteiger partial charge on any atom is 0.376 e. The number of halogens is 4. The zero-order chi connectivity index (χ0) is 26.5. The predicted molar refractivity (Wildman–Crippen MR) is 127 cm³/mol. The van der Waals surface area contributed by atoms with E-state index in [1.807, 2.05) is 19.1 Å². The lowest BCUT2D eigenvalue weighted by Gasteiger charge is -2.11. The zero-order valence-corrected chi connectivity index (χ0v) is 20.6. The van der Waals surface area contributed by atoms with Gasteiger partial charge in [0.1, 0.15) is 5.75 Å². The fourth-order valence-corrected chi connectivity index (χ4v) is 2.98. The van der Waals surface area contributed by atoms with Crippen LogP contribution in [-0.2, 0) is 4.74 Å². The number of nitrogens with zero attached hydrogens (tertiary/aromatic N) is 2. The highest BCUT2D eigenvalue weighted by Gasteiger charge is 2.17. The van der Waals surface area contributed by atoms with E-state index in [0.717, 1.165) is 5.56 Å². The van der Waals surface area contributed by atoms with E-state index in [-0.39, 0.29) is 54.8 Å². The molecule has 0 bridgehead atoms. The fourth-order valence-electron chi connectivity index (χ4n) is 2.98. The van der Waals surface area contributed by atoms with Crippen LogP contribution in [0.15, 0.2) is 53.6 Å². The Labute approximate surface area is 208 Å². The Hall–Kier alpha value is -3.43. The van der Waals surface area contributed by atoms with E-state index in [0.29, 0.717) is 31.4 Å². The molecule has 0 aliphatic carbocycles. The van der Waals surface area contributed by atoms with Crippen molar-refractivity contribution in [1.29, 1.82) is 0 Å². The van der Waals surface area contributed by atoms with Crippen LogP contribution in [-0.4, -0.2) is 29.2 Å². The number of carbonyl (C=O) groups excluding carboxylic acids is 1. The number of benzene rings is 1. The molecule has 196 valence electrons. The molecule has 2 rings (SSSR count). The van der Waals surface area contributed by atoms with E-state index < -0.39 is 18.1 Å². The van der Waals surface area contributed by atoms with Crippen molar-refractivity contribution in [3.8, 4) is 17.5 Å². The van der Waals surface area contributed by atoms with Crippen LogP contribution in [0.2, 0.25) is 0 Å². The van der Waals surface area contributed by atoms with Crippen LogP contribution in [0.25, 0.3) is 0 Å². The molecular weight excluding hydrogens is 480 g/mol. The number of hydrogen-bond acceptors (Lipinski definition) is 6. The molecule has 6 nitrogen and oxygen atoms in total. The van der Waals surface area contributed by atoms with Crippen molar-refractivity contribution in [2.75, 3.05) is 13.2 Å². The molecule has 0 amide bonds. The number of aryl methyl sites for hydroxylation is 1. The standard InChI is InChI=1S/C26H30F4N2O4/c1-17-10-4-5-13-20(17)36-22-16-21(34-14-8-6-11-18(2)23(27)28)31-25(32-22)26(33)35-15-9-7-12-19(3)24(29)30/h4-5,10,13,16H,6-9,11-12,14-15H2,1-3H3. The first-order chi connectivity index (χ1) is 17.2. The summed E-state index contributed by atoms with van der Waals surface area (Å²) in [5.41, 5.74) is 0.894. The Bertz CT molecular complexity index is 1080.